The van der Waals surface area contributed by atoms with Gasteiger partial charge in [-0.25, -0.2) is 4.98 Å². The van der Waals surface area contributed by atoms with Crippen LogP contribution in [0.1, 0.15) is 22.9 Å². The third-order valence-electron chi connectivity index (χ3n) is 12.3. The maximum atomic E-state index is 5.34. The highest BCUT2D eigenvalue weighted by Gasteiger charge is 2.21. The van der Waals surface area contributed by atoms with Gasteiger partial charge in [0.25, 0.3) is 0 Å². The highest BCUT2D eigenvalue weighted by molar-refractivity contribution is 7.26. The number of aliphatic imine (C=N–C) groups is 1. The summed E-state index contributed by atoms with van der Waals surface area (Å²) in [6, 6.07) is 78.2. The molecule has 3 nitrogen and oxygen atoms in total. The van der Waals surface area contributed by atoms with Crippen LogP contribution in [0.15, 0.2) is 229 Å². The van der Waals surface area contributed by atoms with Crippen LogP contribution < -0.4 is 5.32 Å². The van der Waals surface area contributed by atoms with Crippen molar-refractivity contribution in [3.05, 3.63) is 241 Å². The van der Waals surface area contributed by atoms with Gasteiger partial charge in [0.05, 0.1) is 16.9 Å². The molecule has 4 heteroatoms. The molecule has 3 heterocycles. The summed E-state index contributed by atoms with van der Waals surface area (Å²) >= 11 is 1.86. The Labute approximate surface area is 370 Å². The Kier molecular flexibility index (Phi) is 9.09. The number of nitrogens with zero attached hydrogens (tertiary/aromatic N) is 2. The van der Waals surface area contributed by atoms with E-state index in [-0.39, 0.29) is 6.17 Å². The zero-order valence-corrected chi connectivity index (χ0v) is 35.1. The maximum Gasteiger partial charge on any atom is 0.145 e. The predicted molar refractivity (Wildman–Crippen MR) is 267 cm³/mol. The van der Waals surface area contributed by atoms with Crippen molar-refractivity contribution in [2.45, 2.75) is 6.17 Å². The highest BCUT2D eigenvalue weighted by Crippen LogP contribution is 2.44. The predicted octanol–water partition coefficient (Wildman–Crippen LogP) is 15.6. The Bertz CT molecular complexity index is 3540. The number of thiophene rings is 1. The van der Waals surface area contributed by atoms with E-state index in [0.717, 1.165) is 44.9 Å². The van der Waals surface area contributed by atoms with Crippen molar-refractivity contribution in [2.75, 3.05) is 0 Å². The fraction of sp³-hybridized carbons (Fsp3) is 0.0169. The van der Waals surface area contributed by atoms with E-state index >= 15 is 0 Å². The van der Waals surface area contributed by atoms with Gasteiger partial charge in [-0.2, -0.15) is 0 Å². The van der Waals surface area contributed by atoms with Gasteiger partial charge in [-0.1, -0.05) is 194 Å². The molecule has 1 atom stereocenters. The molecule has 1 unspecified atom stereocenters. The van der Waals surface area contributed by atoms with Crippen LogP contribution in [0.25, 0.3) is 92.2 Å². The number of allylic oxidation sites excluding steroid dienone is 1. The van der Waals surface area contributed by atoms with Crippen molar-refractivity contribution < 1.29 is 0 Å². The van der Waals surface area contributed by atoms with E-state index < -0.39 is 0 Å². The molecule has 11 aromatic rings. The number of para-hydroxylation sites is 1. The lowest BCUT2D eigenvalue weighted by Gasteiger charge is -2.25. The van der Waals surface area contributed by atoms with E-state index in [0.29, 0.717) is 0 Å². The molecule has 1 aliphatic rings. The number of nitrogens with one attached hydrogen (secondary N) is 1. The van der Waals surface area contributed by atoms with E-state index in [2.05, 4.69) is 230 Å². The van der Waals surface area contributed by atoms with Gasteiger partial charge in [-0.15, -0.1) is 11.3 Å². The summed E-state index contributed by atoms with van der Waals surface area (Å²) < 4.78 is 2.56. The Balaban J connectivity index is 0.930. The number of hydrogen-bond acceptors (Lipinski definition) is 4. The molecule has 0 bridgehead atoms. The first kappa shape index (κ1) is 36.9. The van der Waals surface area contributed by atoms with Crippen LogP contribution in [0.4, 0.5) is 0 Å². The van der Waals surface area contributed by atoms with Gasteiger partial charge in [0.2, 0.25) is 0 Å². The van der Waals surface area contributed by atoms with Crippen LogP contribution in [0, 0.1) is 0 Å². The zero-order chi connectivity index (χ0) is 41.7. The van der Waals surface area contributed by atoms with Crippen LogP contribution in [0.5, 0.6) is 0 Å². The molecule has 0 saturated heterocycles. The highest BCUT2D eigenvalue weighted by atomic mass is 32.1. The van der Waals surface area contributed by atoms with Gasteiger partial charge in [0.1, 0.15) is 6.17 Å². The number of aromatic nitrogens is 1. The summed E-state index contributed by atoms with van der Waals surface area (Å²) in [6.07, 6.45) is 1.94. The van der Waals surface area contributed by atoms with Gasteiger partial charge in [0, 0.05) is 47.6 Å². The smallest absolute Gasteiger partial charge is 0.145 e. The Morgan fingerprint density at radius 3 is 1.59 bits per heavy atom. The van der Waals surface area contributed by atoms with Crippen molar-refractivity contribution in [3.8, 4) is 44.6 Å². The number of rotatable bonds is 7. The molecule has 0 saturated carbocycles. The molecule has 2 aromatic heterocycles. The normalized spacial score (nSPS) is 13.9. The second-order valence-corrected chi connectivity index (χ2v) is 17.2. The summed E-state index contributed by atoms with van der Waals surface area (Å²) in [6.45, 7) is 0. The van der Waals surface area contributed by atoms with Crippen molar-refractivity contribution in [1.82, 2.24) is 10.3 Å². The Morgan fingerprint density at radius 1 is 0.381 bits per heavy atom. The Morgan fingerprint density at radius 2 is 0.905 bits per heavy atom. The van der Waals surface area contributed by atoms with Crippen molar-refractivity contribution in [2.24, 2.45) is 4.99 Å². The summed E-state index contributed by atoms with van der Waals surface area (Å²) in [5.74, 6) is 0. The largest absolute Gasteiger partial charge is 0.360 e. The van der Waals surface area contributed by atoms with Crippen LogP contribution >= 0.6 is 11.3 Å². The lowest BCUT2D eigenvalue weighted by molar-refractivity contribution is 0.664. The molecule has 1 N–H and O–H groups in total. The van der Waals surface area contributed by atoms with Gasteiger partial charge < -0.3 is 5.32 Å². The average molecular weight is 822 g/mol. The Hall–Kier alpha value is -7.92. The first-order valence-corrected chi connectivity index (χ1v) is 22.2. The van der Waals surface area contributed by atoms with Crippen molar-refractivity contribution in [1.29, 1.82) is 0 Å². The third-order valence-corrected chi connectivity index (χ3v) is 13.5. The second-order valence-electron chi connectivity index (χ2n) is 16.1. The molecule has 9 aromatic carbocycles. The van der Waals surface area contributed by atoms with Gasteiger partial charge in [-0.3, -0.25) is 4.99 Å². The monoisotopic (exact) mass is 821 g/mol. The lowest BCUT2D eigenvalue weighted by Crippen LogP contribution is -2.24. The quantitative estimate of drug-likeness (QED) is 0.163. The molecule has 296 valence electrons. The second kappa shape index (κ2) is 15.5. The molecule has 0 aliphatic carbocycles. The van der Waals surface area contributed by atoms with E-state index in [4.69, 9.17) is 9.98 Å². The number of pyridine rings is 1. The van der Waals surface area contributed by atoms with Gasteiger partial charge in [-0.05, 0) is 80.4 Å². The van der Waals surface area contributed by atoms with Crippen molar-refractivity contribution >= 4 is 64.6 Å². The van der Waals surface area contributed by atoms with E-state index in [1.807, 2.05) is 11.3 Å². The summed E-state index contributed by atoms with van der Waals surface area (Å²) in [4.78, 5) is 10.6. The van der Waals surface area contributed by atoms with Crippen LogP contribution in [-0.2, 0) is 0 Å². The first-order valence-electron chi connectivity index (χ1n) is 21.4. The number of benzene rings is 9. The average Bonchev–Trinajstić information content (AvgIpc) is 3.75. The molecule has 0 radical (unpaired) electrons. The van der Waals surface area contributed by atoms with Crippen LogP contribution in [0.3, 0.4) is 0 Å². The summed E-state index contributed by atoms with van der Waals surface area (Å²) in [5.41, 5.74) is 15.6. The molecule has 0 amide bonds. The molecule has 0 spiro atoms. The fourth-order valence-electron chi connectivity index (χ4n) is 9.12. The minimum atomic E-state index is -0.254. The molecular formula is C59H39N3S. The van der Waals surface area contributed by atoms with Gasteiger partial charge in [0.15, 0.2) is 0 Å². The minimum Gasteiger partial charge on any atom is -0.360 e. The number of hydrogen-bond donors (Lipinski definition) is 1. The number of fused-ring (bicyclic) bond motifs is 7. The van der Waals surface area contributed by atoms with E-state index in [1.165, 1.54) is 69.7 Å². The van der Waals surface area contributed by atoms with E-state index in [9.17, 15) is 0 Å². The molecule has 1 aliphatic heterocycles. The summed E-state index contributed by atoms with van der Waals surface area (Å²) in [7, 11) is 0. The summed E-state index contributed by atoms with van der Waals surface area (Å²) in [5, 5.41) is 9.96. The molecular weight excluding hydrogens is 783 g/mol. The SMILES string of the molecule is C1=C(c2ccc(-c3ccccc3)cc2)NC(c2ccc(-c3ccccc3)cc2)N=C1c1ccc(-c2ccc3sc4ccc5c(-c6ccccc6)nc6ccccc6c5c4c3c2)cc1. The van der Waals surface area contributed by atoms with Crippen LogP contribution in [0.2, 0.25) is 0 Å². The lowest BCUT2D eigenvalue weighted by atomic mass is 9.95. The van der Waals surface area contributed by atoms with Crippen molar-refractivity contribution in [3.63, 3.8) is 0 Å². The van der Waals surface area contributed by atoms with E-state index in [1.54, 1.807) is 0 Å². The standard InChI is InChI=1S/C59H39N3S/c1-4-12-38(13-5-1)40-20-26-43(27-21-40)52-37-53(62-59(61-52)46-30-24-41(25-31-46)39-14-6-2-7-15-39)44-28-22-42(23-29-44)47-32-34-54-50(36-47)57-55(63-54)35-33-49-56(57)48-18-10-11-19-51(48)60-58(49)45-16-8-3-9-17-45/h1-37,59,61H. The minimum absolute atomic E-state index is 0.254. The topological polar surface area (TPSA) is 37.3 Å². The van der Waals surface area contributed by atoms with Gasteiger partial charge >= 0.3 is 0 Å². The molecule has 12 rings (SSSR count). The molecule has 0 fully saturated rings. The fourth-order valence-corrected chi connectivity index (χ4v) is 10.2. The third kappa shape index (κ3) is 6.78. The molecule has 63 heavy (non-hydrogen) atoms. The van der Waals surface area contributed by atoms with Crippen LogP contribution in [-0.4, -0.2) is 10.7 Å². The first-order chi connectivity index (χ1) is 31.2. The maximum absolute atomic E-state index is 5.34. The zero-order valence-electron chi connectivity index (χ0n) is 34.2.